The summed E-state index contributed by atoms with van der Waals surface area (Å²) in [7, 11) is 3.87. The number of hydrogen-bond acceptors (Lipinski definition) is 4. The highest BCUT2D eigenvalue weighted by molar-refractivity contribution is 14.0. The normalized spacial score (nSPS) is 15.7. The molecule has 0 amide bonds. The Kier molecular flexibility index (Phi) is 11.2. The van der Waals surface area contributed by atoms with Crippen LogP contribution in [0.3, 0.4) is 0 Å². The van der Waals surface area contributed by atoms with Gasteiger partial charge < -0.3 is 19.4 Å². The minimum Gasteiger partial charge on any atom is -0.468 e. The van der Waals surface area contributed by atoms with Gasteiger partial charge in [0.25, 0.3) is 0 Å². The summed E-state index contributed by atoms with van der Waals surface area (Å²) in [4.78, 5) is 8.91. The van der Waals surface area contributed by atoms with Gasteiger partial charge in [0.05, 0.1) is 18.9 Å². The van der Waals surface area contributed by atoms with Crippen LogP contribution in [0.2, 0.25) is 0 Å². The van der Waals surface area contributed by atoms with Crippen molar-refractivity contribution in [1.29, 1.82) is 0 Å². The molecule has 1 aliphatic carbocycles. The Morgan fingerprint density at radius 1 is 1.38 bits per heavy atom. The zero-order chi connectivity index (χ0) is 18.1. The van der Waals surface area contributed by atoms with E-state index in [1.165, 1.54) is 12.8 Å². The average Bonchev–Trinajstić information content (AvgIpc) is 3.29. The van der Waals surface area contributed by atoms with Gasteiger partial charge in [0, 0.05) is 33.8 Å². The molecule has 1 fully saturated rings. The average molecular weight is 478 g/mol. The summed E-state index contributed by atoms with van der Waals surface area (Å²) >= 11 is 0. The molecule has 1 N–H and O–H groups in total. The number of nitrogens with zero attached hydrogens (tertiary/aromatic N) is 3. The van der Waals surface area contributed by atoms with Gasteiger partial charge in [-0.15, -0.1) is 24.0 Å². The second-order valence-corrected chi connectivity index (χ2v) is 6.62. The molecule has 1 aromatic rings. The van der Waals surface area contributed by atoms with Crippen molar-refractivity contribution in [2.24, 2.45) is 10.9 Å². The third-order valence-corrected chi connectivity index (χ3v) is 4.77. The van der Waals surface area contributed by atoms with E-state index in [0.29, 0.717) is 0 Å². The number of likely N-dealkylation sites (N-methyl/N-ethyl adjacent to an activating group) is 2. The van der Waals surface area contributed by atoms with Gasteiger partial charge >= 0.3 is 0 Å². The molecule has 26 heavy (non-hydrogen) atoms. The first-order valence-corrected chi connectivity index (χ1v) is 9.46. The van der Waals surface area contributed by atoms with Crippen LogP contribution in [0.15, 0.2) is 27.8 Å². The minimum atomic E-state index is 0. The van der Waals surface area contributed by atoms with E-state index in [-0.39, 0.29) is 30.0 Å². The molecule has 1 atom stereocenters. The summed E-state index contributed by atoms with van der Waals surface area (Å²) < 4.78 is 11.4. The molecule has 1 saturated carbocycles. The van der Waals surface area contributed by atoms with Gasteiger partial charge in [-0.3, -0.25) is 9.89 Å². The fourth-order valence-corrected chi connectivity index (χ4v) is 2.97. The Labute approximate surface area is 175 Å². The molecule has 0 aliphatic heterocycles. The van der Waals surface area contributed by atoms with E-state index in [1.807, 2.05) is 19.2 Å². The first kappa shape index (κ1) is 23.2. The largest absolute Gasteiger partial charge is 0.468 e. The van der Waals surface area contributed by atoms with Crippen LogP contribution in [-0.2, 0) is 4.74 Å². The summed E-state index contributed by atoms with van der Waals surface area (Å²) in [6.07, 6.45) is 4.40. The highest BCUT2D eigenvalue weighted by Gasteiger charge is 2.22. The predicted octanol–water partition coefficient (Wildman–Crippen LogP) is 3.21. The second kappa shape index (κ2) is 12.6. The Balaban J connectivity index is 0.00000338. The predicted molar refractivity (Wildman–Crippen MR) is 117 cm³/mol. The van der Waals surface area contributed by atoms with Gasteiger partial charge in [-0.25, -0.2) is 0 Å². The lowest BCUT2D eigenvalue weighted by molar-refractivity contribution is 0.115. The summed E-state index contributed by atoms with van der Waals surface area (Å²) in [6.45, 7) is 9.56. The molecule has 0 radical (unpaired) electrons. The summed E-state index contributed by atoms with van der Waals surface area (Å²) in [5, 5.41) is 3.49. The van der Waals surface area contributed by atoms with Crippen molar-refractivity contribution in [3.8, 4) is 0 Å². The molecule has 1 aliphatic rings. The summed E-state index contributed by atoms with van der Waals surface area (Å²) in [5.74, 6) is 2.69. The monoisotopic (exact) mass is 478 g/mol. The molecule has 7 heteroatoms. The van der Waals surface area contributed by atoms with Crippen LogP contribution in [0.1, 0.15) is 38.5 Å². The van der Waals surface area contributed by atoms with Crippen LogP contribution in [-0.4, -0.2) is 69.2 Å². The maximum Gasteiger partial charge on any atom is 0.193 e. The zero-order valence-corrected chi connectivity index (χ0v) is 18.9. The van der Waals surface area contributed by atoms with E-state index >= 15 is 0 Å². The number of aliphatic imine (C=N–C) groups is 1. The van der Waals surface area contributed by atoms with Crippen LogP contribution in [0.4, 0.5) is 0 Å². The molecule has 6 nitrogen and oxygen atoms in total. The van der Waals surface area contributed by atoms with Gasteiger partial charge in [0.2, 0.25) is 0 Å². The number of halogens is 1. The number of ether oxygens (including phenoxy) is 1. The highest BCUT2D eigenvalue weighted by atomic mass is 127. The Hall–Kier alpha value is -0.800. The Bertz CT molecular complexity index is 502. The number of rotatable bonds is 11. The third kappa shape index (κ3) is 7.44. The maximum absolute atomic E-state index is 5.73. The minimum absolute atomic E-state index is 0. The molecule has 2 rings (SSSR count). The van der Waals surface area contributed by atoms with E-state index in [2.05, 4.69) is 41.0 Å². The van der Waals surface area contributed by atoms with E-state index < -0.39 is 0 Å². The van der Waals surface area contributed by atoms with Crippen LogP contribution >= 0.6 is 24.0 Å². The molecular weight excluding hydrogens is 443 g/mol. The maximum atomic E-state index is 5.73. The van der Waals surface area contributed by atoms with Crippen molar-refractivity contribution in [3.63, 3.8) is 0 Å². The number of nitrogens with one attached hydrogen (secondary N) is 1. The molecular formula is C19H35IN4O2. The Morgan fingerprint density at radius 3 is 2.65 bits per heavy atom. The van der Waals surface area contributed by atoms with E-state index in [0.717, 1.165) is 57.0 Å². The smallest absolute Gasteiger partial charge is 0.193 e. The van der Waals surface area contributed by atoms with Gasteiger partial charge in [-0.05, 0) is 44.0 Å². The lowest BCUT2D eigenvalue weighted by Gasteiger charge is -2.30. The van der Waals surface area contributed by atoms with Crippen molar-refractivity contribution in [2.45, 2.75) is 32.7 Å². The molecule has 1 heterocycles. The van der Waals surface area contributed by atoms with Gasteiger partial charge in [-0.2, -0.15) is 0 Å². The molecule has 1 unspecified atom stereocenters. The van der Waals surface area contributed by atoms with Crippen molar-refractivity contribution in [3.05, 3.63) is 24.2 Å². The number of guanidine groups is 1. The molecule has 0 saturated heterocycles. The lowest BCUT2D eigenvalue weighted by Crippen LogP contribution is -2.44. The third-order valence-electron chi connectivity index (χ3n) is 4.77. The topological polar surface area (TPSA) is 53.2 Å². The SMILES string of the molecule is CCN(CC)C(CNC(=NC)N(C)CCOCC1CC1)c1ccco1.I. The fraction of sp³-hybridized carbons (Fsp3) is 0.737. The van der Waals surface area contributed by atoms with Gasteiger partial charge in [0.1, 0.15) is 5.76 Å². The van der Waals surface area contributed by atoms with Crippen molar-refractivity contribution >= 4 is 29.9 Å². The van der Waals surface area contributed by atoms with Crippen LogP contribution < -0.4 is 5.32 Å². The fourth-order valence-electron chi connectivity index (χ4n) is 2.97. The molecule has 1 aromatic heterocycles. The second-order valence-electron chi connectivity index (χ2n) is 6.62. The molecule has 0 aromatic carbocycles. The standard InChI is InChI=1S/C19H34N4O2.HI/c1-5-23(6-2)17(18-8-7-12-25-18)14-21-19(20-3)22(4)11-13-24-15-16-9-10-16;/h7-8,12,16-17H,5-6,9-11,13-15H2,1-4H3,(H,20,21);1H. The van der Waals surface area contributed by atoms with Gasteiger partial charge in [-0.1, -0.05) is 13.8 Å². The van der Waals surface area contributed by atoms with Crippen LogP contribution in [0.5, 0.6) is 0 Å². The molecule has 150 valence electrons. The highest BCUT2D eigenvalue weighted by Crippen LogP contribution is 2.28. The van der Waals surface area contributed by atoms with Crippen molar-refractivity contribution in [2.75, 3.05) is 53.5 Å². The molecule has 0 bridgehead atoms. The lowest BCUT2D eigenvalue weighted by atomic mass is 10.2. The van der Waals surface area contributed by atoms with E-state index in [4.69, 9.17) is 9.15 Å². The first-order valence-electron chi connectivity index (χ1n) is 9.46. The summed E-state index contributed by atoms with van der Waals surface area (Å²) in [6, 6.07) is 4.19. The molecule has 0 spiro atoms. The summed E-state index contributed by atoms with van der Waals surface area (Å²) in [5.41, 5.74) is 0. The number of furan rings is 1. The van der Waals surface area contributed by atoms with Crippen molar-refractivity contribution in [1.82, 2.24) is 15.1 Å². The van der Waals surface area contributed by atoms with Crippen LogP contribution in [0, 0.1) is 5.92 Å². The Morgan fingerprint density at radius 2 is 2.12 bits per heavy atom. The van der Waals surface area contributed by atoms with E-state index in [9.17, 15) is 0 Å². The van der Waals surface area contributed by atoms with Crippen molar-refractivity contribution < 1.29 is 9.15 Å². The zero-order valence-electron chi connectivity index (χ0n) is 16.6. The number of hydrogen-bond donors (Lipinski definition) is 1. The van der Waals surface area contributed by atoms with E-state index in [1.54, 1.807) is 6.26 Å². The quantitative estimate of drug-likeness (QED) is 0.229. The first-order chi connectivity index (χ1) is 12.2. The van der Waals surface area contributed by atoms with Gasteiger partial charge in [0.15, 0.2) is 5.96 Å². The van der Waals surface area contributed by atoms with Crippen LogP contribution in [0.25, 0.3) is 0 Å².